The molecule has 1 aliphatic heterocycles. The number of aromatic nitrogens is 2. The van der Waals surface area contributed by atoms with Gasteiger partial charge in [0, 0.05) is 18.4 Å². The van der Waals surface area contributed by atoms with Crippen molar-refractivity contribution in [1.82, 2.24) is 15.1 Å². The summed E-state index contributed by atoms with van der Waals surface area (Å²) in [4.78, 5) is 13.9. The van der Waals surface area contributed by atoms with Gasteiger partial charge in [0.25, 0.3) is 0 Å². The van der Waals surface area contributed by atoms with E-state index >= 15 is 0 Å². The third kappa shape index (κ3) is 2.90. The third-order valence-electron chi connectivity index (χ3n) is 3.80. The van der Waals surface area contributed by atoms with Crippen LogP contribution in [0.3, 0.4) is 0 Å². The van der Waals surface area contributed by atoms with Gasteiger partial charge in [-0.15, -0.1) is 0 Å². The van der Waals surface area contributed by atoms with Crippen molar-refractivity contribution in [3.8, 4) is 11.3 Å². The van der Waals surface area contributed by atoms with Gasteiger partial charge in [-0.3, -0.25) is 5.10 Å². The van der Waals surface area contributed by atoms with E-state index in [0.29, 0.717) is 6.54 Å². The SMILES string of the molecule is O=C(Nc1ccc(-c2ccn[nH]2)cc1)N1CCC[C@H]1CO. The third-order valence-corrected chi connectivity index (χ3v) is 3.80. The van der Waals surface area contributed by atoms with Gasteiger partial charge in [-0.2, -0.15) is 5.10 Å². The van der Waals surface area contributed by atoms with E-state index in [1.807, 2.05) is 30.3 Å². The van der Waals surface area contributed by atoms with E-state index in [-0.39, 0.29) is 18.7 Å². The lowest BCUT2D eigenvalue weighted by Crippen LogP contribution is -2.40. The maximum absolute atomic E-state index is 12.2. The largest absolute Gasteiger partial charge is 0.394 e. The number of amides is 2. The Labute approximate surface area is 122 Å². The molecule has 0 aliphatic carbocycles. The first-order chi connectivity index (χ1) is 10.3. The van der Waals surface area contributed by atoms with Crippen LogP contribution in [0.2, 0.25) is 0 Å². The molecule has 2 aromatic rings. The molecular weight excluding hydrogens is 268 g/mol. The first kappa shape index (κ1) is 13.6. The summed E-state index contributed by atoms with van der Waals surface area (Å²) >= 11 is 0. The number of anilines is 1. The molecule has 1 aromatic heterocycles. The van der Waals surface area contributed by atoms with Gasteiger partial charge in [0.1, 0.15) is 0 Å². The van der Waals surface area contributed by atoms with Crippen molar-refractivity contribution in [1.29, 1.82) is 0 Å². The molecule has 0 bridgehead atoms. The fraction of sp³-hybridized carbons (Fsp3) is 0.333. The number of nitrogens with one attached hydrogen (secondary N) is 2. The lowest BCUT2D eigenvalue weighted by Gasteiger charge is -2.23. The molecule has 2 amide bonds. The number of aliphatic hydroxyl groups is 1. The summed E-state index contributed by atoms with van der Waals surface area (Å²) in [5.41, 5.74) is 2.69. The van der Waals surface area contributed by atoms with Crippen LogP contribution in [-0.2, 0) is 0 Å². The van der Waals surface area contributed by atoms with Gasteiger partial charge in [0.05, 0.1) is 18.3 Å². The first-order valence-corrected chi connectivity index (χ1v) is 7.06. The molecule has 2 heterocycles. The van der Waals surface area contributed by atoms with Crippen molar-refractivity contribution in [2.24, 2.45) is 0 Å². The molecule has 110 valence electrons. The van der Waals surface area contributed by atoms with Crippen molar-refractivity contribution in [2.45, 2.75) is 18.9 Å². The zero-order valence-electron chi connectivity index (χ0n) is 11.6. The summed E-state index contributed by atoms with van der Waals surface area (Å²) in [7, 11) is 0. The summed E-state index contributed by atoms with van der Waals surface area (Å²) in [6.07, 6.45) is 3.51. The molecule has 1 fully saturated rings. The molecule has 6 nitrogen and oxygen atoms in total. The number of hydrogen-bond donors (Lipinski definition) is 3. The molecule has 21 heavy (non-hydrogen) atoms. The number of carbonyl (C=O) groups is 1. The highest BCUT2D eigenvalue weighted by Crippen LogP contribution is 2.21. The summed E-state index contributed by atoms with van der Waals surface area (Å²) < 4.78 is 0. The van der Waals surface area contributed by atoms with Gasteiger partial charge >= 0.3 is 6.03 Å². The average Bonchev–Trinajstić information content (AvgIpc) is 3.19. The van der Waals surface area contributed by atoms with Crippen LogP contribution in [0.15, 0.2) is 36.5 Å². The second-order valence-electron chi connectivity index (χ2n) is 5.15. The number of aromatic amines is 1. The Kier molecular flexibility index (Phi) is 3.87. The molecule has 0 radical (unpaired) electrons. The molecular formula is C15H18N4O2. The Bertz CT molecular complexity index is 595. The van der Waals surface area contributed by atoms with E-state index < -0.39 is 0 Å². The molecule has 3 N–H and O–H groups in total. The summed E-state index contributed by atoms with van der Waals surface area (Å²) in [6.45, 7) is 0.718. The molecule has 1 aliphatic rings. The minimum atomic E-state index is -0.152. The molecule has 1 aromatic carbocycles. The van der Waals surface area contributed by atoms with Crippen LogP contribution in [0.5, 0.6) is 0 Å². The van der Waals surface area contributed by atoms with Gasteiger partial charge in [0.15, 0.2) is 0 Å². The lowest BCUT2D eigenvalue weighted by atomic mass is 10.1. The van der Waals surface area contributed by atoms with Crippen LogP contribution in [0.1, 0.15) is 12.8 Å². The fourth-order valence-corrected chi connectivity index (χ4v) is 2.64. The van der Waals surface area contributed by atoms with Crippen LogP contribution in [0, 0.1) is 0 Å². The number of benzene rings is 1. The topological polar surface area (TPSA) is 81.2 Å². The maximum atomic E-state index is 12.2. The van der Waals surface area contributed by atoms with Gasteiger partial charge in [-0.25, -0.2) is 4.79 Å². The number of likely N-dealkylation sites (tertiary alicyclic amines) is 1. The number of H-pyrrole nitrogens is 1. The summed E-state index contributed by atoms with van der Waals surface area (Å²) in [5.74, 6) is 0. The fourth-order valence-electron chi connectivity index (χ4n) is 2.64. The zero-order chi connectivity index (χ0) is 14.7. The predicted octanol–water partition coefficient (Wildman–Crippen LogP) is 2.07. The van der Waals surface area contributed by atoms with Crippen LogP contribution < -0.4 is 5.32 Å². The minimum Gasteiger partial charge on any atom is -0.394 e. The highest BCUT2D eigenvalue weighted by Gasteiger charge is 2.27. The molecule has 0 spiro atoms. The average molecular weight is 286 g/mol. The highest BCUT2D eigenvalue weighted by atomic mass is 16.3. The van der Waals surface area contributed by atoms with Crippen LogP contribution in [0.25, 0.3) is 11.3 Å². The van der Waals surface area contributed by atoms with Gasteiger partial charge in [-0.05, 0) is 36.6 Å². The molecule has 0 saturated carbocycles. The second-order valence-corrected chi connectivity index (χ2v) is 5.15. The Balaban J connectivity index is 1.66. The van der Waals surface area contributed by atoms with Crippen LogP contribution in [-0.4, -0.2) is 45.4 Å². The second kappa shape index (κ2) is 5.97. The van der Waals surface area contributed by atoms with Crippen molar-refractivity contribution in [3.05, 3.63) is 36.5 Å². The molecule has 6 heteroatoms. The van der Waals surface area contributed by atoms with Crippen LogP contribution in [0.4, 0.5) is 10.5 Å². The van der Waals surface area contributed by atoms with E-state index in [0.717, 1.165) is 29.8 Å². The first-order valence-electron chi connectivity index (χ1n) is 7.06. The van der Waals surface area contributed by atoms with E-state index in [4.69, 9.17) is 0 Å². The Hall–Kier alpha value is -2.34. The Morgan fingerprint density at radius 1 is 1.38 bits per heavy atom. The number of urea groups is 1. The van der Waals surface area contributed by atoms with Crippen molar-refractivity contribution < 1.29 is 9.90 Å². The molecule has 0 unspecified atom stereocenters. The van der Waals surface area contributed by atoms with E-state index in [1.54, 1.807) is 11.1 Å². The molecule has 1 atom stereocenters. The smallest absolute Gasteiger partial charge is 0.322 e. The highest BCUT2D eigenvalue weighted by molar-refractivity contribution is 5.90. The normalized spacial score (nSPS) is 18.0. The van der Waals surface area contributed by atoms with Crippen molar-refractivity contribution in [3.63, 3.8) is 0 Å². The number of rotatable bonds is 3. The van der Waals surface area contributed by atoms with E-state index in [1.165, 1.54) is 0 Å². The summed E-state index contributed by atoms with van der Waals surface area (Å²) in [5, 5.41) is 18.9. The van der Waals surface area contributed by atoms with Gasteiger partial charge in [0.2, 0.25) is 0 Å². The van der Waals surface area contributed by atoms with E-state index in [2.05, 4.69) is 15.5 Å². The monoisotopic (exact) mass is 286 g/mol. The number of hydrogen-bond acceptors (Lipinski definition) is 3. The lowest BCUT2D eigenvalue weighted by molar-refractivity contribution is 0.166. The molecule has 1 saturated heterocycles. The molecule has 3 rings (SSSR count). The van der Waals surface area contributed by atoms with Gasteiger partial charge in [-0.1, -0.05) is 12.1 Å². The van der Waals surface area contributed by atoms with Crippen LogP contribution >= 0.6 is 0 Å². The minimum absolute atomic E-state index is 0.0200. The maximum Gasteiger partial charge on any atom is 0.322 e. The Morgan fingerprint density at radius 3 is 2.86 bits per heavy atom. The van der Waals surface area contributed by atoms with Gasteiger partial charge < -0.3 is 15.3 Å². The quantitative estimate of drug-likeness (QED) is 0.808. The standard InChI is InChI=1S/C15H18N4O2/c20-10-13-2-1-9-19(13)15(21)17-12-5-3-11(4-6-12)14-7-8-16-18-14/h3-8,13,20H,1-2,9-10H2,(H,16,18)(H,17,21)/t13-/m0/s1. The number of nitrogens with zero attached hydrogens (tertiary/aromatic N) is 2. The Morgan fingerprint density at radius 2 is 2.19 bits per heavy atom. The summed E-state index contributed by atoms with van der Waals surface area (Å²) in [6, 6.07) is 9.25. The number of carbonyl (C=O) groups excluding carboxylic acids is 1. The van der Waals surface area contributed by atoms with Crippen molar-refractivity contribution in [2.75, 3.05) is 18.5 Å². The predicted molar refractivity (Wildman–Crippen MR) is 79.9 cm³/mol. The van der Waals surface area contributed by atoms with Crippen molar-refractivity contribution >= 4 is 11.7 Å². The number of aliphatic hydroxyl groups excluding tert-OH is 1. The zero-order valence-corrected chi connectivity index (χ0v) is 11.6. The van der Waals surface area contributed by atoms with E-state index in [9.17, 15) is 9.90 Å².